The minimum absolute atomic E-state index is 0.0783. The fourth-order valence-electron chi connectivity index (χ4n) is 2.33. The van der Waals surface area contributed by atoms with Crippen molar-refractivity contribution in [1.29, 1.82) is 0 Å². The van der Waals surface area contributed by atoms with Crippen LogP contribution >= 0.6 is 0 Å². The van der Waals surface area contributed by atoms with Gasteiger partial charge in [0.05, 0.1) is 12.2 Å². The molecule has 8 heteroatoms. The zero-order valence-electron chi connectivity index (χ0n) is 10.9. The van der Waals surface area contributed by atoms with Crippen molar-refractivity contribution in [2.75, 3.05) is 19.6 Å². The number of amides is 1. The third-order valence-electron chi connectivity index (χ3n) is 3.41. The Morgan fingerprint density at radius 1 is 1.50 bits per heavy atom. The molecule has 20 heavy (non-hydrogen) atoms. The molecule has 5 nitrogen and oxygen atoms in total. The van der Waals surface area contributed by atoms with Crippen LogP contribution in [0.25, 0.3) is 0 Å². The Labute approximate surface area is 114 Å². The molecule has 0 saturated carbocycles. The number of imidazole rings is 1. The topological polar surface area (TPSA) is 64.2 Å². The molecule has 2 rings (SSSR count). The quantitative estimate of drug-likeness (QED) is 0.911. The van der Waals surface area contributed by atoms with Crippen molar-refractivity contribution in [2.45, 2.75) is 25.6 Å². The van der Waals surface area contributed by atoms with Crippen molar-refractivity contribution in [3.8, 4) is 0 Å². The van der Waals surface area contributed by atoms with Crippen molar-refractivity contribution in [1.82, 2.24) is 14.5 Å². The van der Waals surface area contributed by atoms with E-state index in [1.165, 1.54) is 17.4 Å². The predicted octanol–water partition coefficient (Wildman–Crippen LogP) is 1.26. The van der Waals surface area contributed by atoms with Gasteiger partial charge in [0, 0.05) is 32.4 Å². The molecule has 2 heterocycles. The molecule has 0 spiro atoms. The van der Waals surface area contributed by atoms with E-state index in [4.69, 9.17) is 5.73 Å². The molecule has 1 aromatic heterocycles. The van der Waals surface area contributed by atoms with Crippen LogP contribution in [0, 0.1) is 5.92 Å². The van der Waals surface area contributed by atoms with Gasteiger partial charge in [0.15, 0.2) is 0 Å². The van der Waals surface area contributed by atoms with Crippen molar-refractivity contribution >= 4 is 5.91 Å². The van der Waals surface area contributed by atoms with Crippen LogP contribution in [-0.2, 0) is 6.54 Å². The summed E-state index contributed by atoms with van der Waals surface area (Å²) in [6.07, 6.45) is -0.830. The number of nitrogens with two attached hydrogens (primary N) is 1. The largest absolute Gasteiger partial charge is 0.393 e. The predicted molar refractivity (Wildman–Crippen MR) is 66.0 cm³/mol. The first kappa shape index (κ1) is 14.8. The van der Waals surface area contributed by atoms with Crippen LogP contribution in [0.1, 0.15) is 23.3 Å². The first-order valence-corrected chi connectivity index (χ1v) is 6.49. The first-order chi connectivity index (χ1) is 9.41. The van der Waals surface area contributed by atoms with E-state index in [-0.39, 0.29) is 18.7 Å². The van der Waals surface area contributed by atoms with Crippen LogP contribution in [0.3, 0.4) is 0 Å². The number of hydrogen-bond donors (Lipinski definition) is 1. The average Bonchev–Trinajstić information content (AvgIpc) is 2.86. The highest BCUT2D eigenvalue weighted by Crippen LogP contribution is 2.33. The summed E-state index contributed by atoms with van der Waals surface area (Å²) in [5.74, 6) is -1.89. The van der Waals surface area contributed by atoms with Gasteiger partial charge in [-0.2, -0.15) is 13.2 Å². The van der Waals surface area contributed by atoms with Gasteiger partial charge >= 0.3 is 6.18 Å². The number of alkyl halides is 3. The summed E-state index contributed by atoms with van der Waals surface area (Å²) >= 11 is 0. The number of carbonyl (C=O) groups is 1. The molecule has 1 fully saturated rings. The van der Waals surface area contributed by atoms with E-state index in [1.807, 2.05) is 0 Å². The molecule has 2 N–H and O–H groups in total. The van der Waals surface area contributed by atoms with E-state index < -0.39 is 18.0 Å². The lowest BCUT2D eigenvalue weighted by Crippen LogP contribution is -2.44. The van der Waals surface area contributed by atoms with Gasteiger partial charge < -0.3 is 15.2 Å². The highest BCUT2D eigenvalue weighted by atomic mass is 19.4. The second-order valence-corrected chi connectivity index (χ2v) is 4.92. The Morgan fingerprint density at radius 3 is 2.90 bits per heavy atom. The number of halogens is 3. The van der Waals surface area contributed by atoms with Gasteiger partial charge in [0.1, 0.15) is 5.69 Å². The summed E-state index contributed by atoms with van der Waals surface area (Å²) in [6.45, 7) is 0.983. The van der Waals surface area contributed by atoms with Crippen LogP contribution in [0.15, 0.2) is 12.5 Å². The maximum Gasteiger partial charge on any atom is 0.393 e. The highest BCUT2D eigenvalue weighted by Gasteiger charge is 2.42. The number of rotatable bonds is 3. The third-order valence-corrected chi connectivity index (χ3v) is 3.41. The van der Waals surface area contributed by atoms with Gasteiger partial charge in [-0.3, -0.25) is 4.79 Å². The molecule has 0 aliphatic carbocycles. The third kappa shape index (κ3) is 3.30. The molecule has 1 saturated heterocycles. The Hall–Kier alpha value is -1.57. The number of likely N-dealkylation sites (tertiary alicyclic amines) is 1. The maximum absolute atomic E-state index is 12.7. The molecule has 0 aromatic carbocycles. The summed E-state index contributed by atoms with van der Waals surface area (Å²) in [4.78, 5) is 17.3. The molecule has 0 bridgehead atoms. The second-order valence-electron chi connectivity index (χ2n) is 4.92. The Bertz CT molecular complexity index is 472. The Morgan fingerprint density at radius 2 is 2.25 bits per heavy atom. The summed E-state index contributed by atoms with van der Waals surface area (Å²) < 4.78 is 39.8. The highest BCUT2D eigenvalue weighted by molar-refractivity contribution is 5.92. The van der Waals surface area contributed by atoms with E-state index in [9.17, 15) is 18.0 Å². The van der Waals surface area contributed by atoms with E-state index in [0.29, 0.717) is 26.1 Å². The van der Waals surface area contributed by atoms with Gasteiger partial charge in [0.25, 0.3) is 5.91 Å². The Balaban J connectivity index is 2.04. The lowest BCUT2D eigenvalue weighted by Gasteiger charge is -2.33. The molecule has 1 aliphatic heterocycles. The van der Waals surface area contributed by atoms with Crippen LogP contribution in [0.4, 0.5) is 13.2 Å². The zero-order valence-corrected chi connectivity index (χ0v) is 10.9. The van der Waals surface area contributed by atoms with Gasteiger partial charge in [-0.1, -0.05) is 0 Å². The summed E-state index contributed by atoms with van der Waals surface area (Å²) in [7, 11) is 0. The van der Waals surface area contributed by atoms with Crippen molar-refractivity contribution < 1.29 is 18.0 Å². The van der Waals surface area contributed by atoms with Gasteiger partial charge in [-0.15, -0.1) is 0 Å². The second kappa shape index (κ2) is 5.82. The molecule has 112 valence electrons. The van der Waals surface area contributed by atoms with E-state index >= 15 is 0 Å². The number of carbonyl (C=O) groups excluding carboxylic acids is 1. The smallest absolute Gasteiger partial charge is 0.337 e. The van der Waals surface area contributed by atoms with Gasteiger partial charge in [-0.05, 0) is 12.8 Å². The molecular weight excluding hydrogens is 273 g/mol. The monoisotopic (exact) mass is 290 g/mol. The number of aromatic nitrogens is 2. The van der Waals surface area contributed by atoms with Gasteiger partial charge in [0.2, 0.25) is 0 Å². The fourth-order valence-corrected chi connectivity index (χ4v) is 2.33. The lowest BCUT2D eigenvalue weighted by molar-refractivity contribution is -0.184. The fraction of sp³-hybridized carbons (Fsp3) is 0.667. The number of nitrogens with zero attached hydrogens (tertiary/aromatic N) is 3. The first-order valence-electron chi connectivity index (χ1n) is 6.49. The molecule has 1 unspecified atom stereocenters. The van der Waals surface area contributed by atoms with E-state index in [0.717, 1.165) is 0 Å². The minimum Gasteiger partial charge on any atom is -0.337 e. The molecular formula is C12H17F3N4O. The molecule has 1 atom stereocenters. The van der Waals surface area contributed by atoms with Gasteiger partial charge in [-0.25, -0.2) is 4.98 Å². The summed E-state index contributed by atoms with van der Waals surface area (Å²) in [5.41, 5.74) is 5.55. The lowest BCUT2D eigenvalue weighted by atomic mass is 9.97. The molecule has 1 aliphatic rings. The SMILES string of the molecule is NCCn1cnc(C(=O)N2CCCC(C(F)(F)F)C2)c1. The standard InChI is InChI=1S/C12H17F3N4O/c13-12(14,15)9-2-1-4-19(6-9)11(20)10-7-18(5-3-16)8-17-10/h7-9H,1-6,16H2. The van der Waals surface area contributed by atoms with Crippen LogP contribution in [0.2, 0.25) is 0 Å². The van der Waals surface area contributed by atoms with E-state index in [2.05, 4.69) is 4.98 Å². The number of hydrogen-bond acceptors (Lipinski definition) is 3. The van der Waals surface area contributed by atoms with Crippen molar-refractivity contribution in [3.05, 3.63) is 18.2 Å². The van der Waals surface area contributed by atoms with Crippen LogP contribution in [0.5, 0.6) is 0 Å². The minimum atomic E-state index is -4.25. The molecule has 1 aromatic rings. The molecule has 0 radical (unpaired) electrons. The van der Waals surface area contributed by atoms with E-state index in [1.54, 1.807) is 4.57 Å². The van der Waals surface area contributed by atoms with Crippen molar-refractivity contribution in [2.24, 2.45) is 11.7 Å². The molecule has 1 amide bonds. The van der Waals surface area contributed by atoms with Crippen molar-refractivity contribution in [3.63, 3.8) is 0 Å². The summed E-state index contributed by atoms with van der Waals surface area (Å²) in [5, 5.41) is 0. The van der Waals surface area contributed by atoms with Crippen LogP contribution in [-0.4, -0.2) is 46.2 Å². The normalized spacial score (nSPS) is 20.2. The Kier molecular flexibility index (Phi) is 4.32. The van der Waals surface area contributed by atoms with Crippen LogP contribution < -0.4 is 5.73 Å². The zero-order chi connectivity index (χ0) is 14.8. The maximum atomic E-state index is 12.7. The summed E-state index contributed by atoms with van der Waals surface area (Å²) in [6, 6.07) is 0. The number of piperidine rings is 1. The average molecular weight is 290 g/mol.